The lowest BCUT2D eigenvalue weighted by Crippen LogP contribution is -2.67. The fourth-order valence-electron chi connectivity index (χ4n) is 5.48. The summed E-state index contributed by atoms with van der Waals surface area (Å²) in [5, 5.41) is 0. The van der Waals surface area contributed by atoms with Crippen molar-refractivity contribution >= 4 is 23.9 Å². The Morgan fingerprint density at radius 3 is 2.07 bits per heavy atom. The molecule has 46 heavy (non-hydrogen) atoms. The molecular formula is C31H40O15. The third-order valence-electron chi connectivity index (χ3n) is 7.23. The van der Waals surface area contributed by atoms with Crippen LogP contribution >= 0.6 is 0 Å². The molecule has 1 aromatic rings. The zero-order chi connectivity index (χ0) is 33.4. The van der Waals surface area contributed by atoms with Crippen LogP contribution in [0.1, 0.15) is 39.5 Å². The predicted molar refractivity (Wildman–Crippen MR) is 152 cm³/mol. The van der Waals surface area contributed by atoms with Crippen molar-refractivity contribution in [2.24, 2.45) is 0 Å². The molecule has 3 heterocycles. The lowest BCUT2D eigenvalue weighted by atomic mass is 9.95. The Bertz CT molecular complexity index is 1210. The van der Waals surface area contributed by atoms with Gasteiger partial charge >= 0.3 is 23.9 Å². The van der Waals surface area contributed by atoms with E-state index in [2.05, 4.69) is 6.58 Å². The minimum absolute atomic E-state index is 0.0717. The van der Waals surface area contributed by atoms with Crippen LogP contribution in [0.5, 0.6) is 0 Å². The van der Waals surface area contributed by atoms with Gasteiger partial charge in [0, 0.05) is 40.4 Å². The van der Waals surface area contributed by atoms with Crippen molar-refractivity contribution < 1.29 is 71.3 Å². The van der Waals surface area contributed by atoms with Gasteiger partial charge in [0.15, 0.2) is 37.2 Å². The number of carbonyl (C=O) groups is 4. The molecule has 1 aromatic carbocycles. The standard InChI is InChI=1S/C31H40O15/c1-7-13-37-27-25(24-22(43-30(27)36-6)15-39-29(45-24)20-11-9-8-10-12-20)46-31-28(42-19(5)35)26(41-18(4)34)23(40-17(3)33)21(44-31)14-38-16(2)32/h7-12,21-31H,1,13-15H2,2-6H3/t21-,22-,23-,24-,25+,26+,27+,28+,29?,30+,31-/m1/s1. The Balaban J connectivity index is 1.75. The summed E-state index contributed by atoms with van der Waals surface area (Å²) in [7, 11) is 1.43. The molecule has 0 aromatic heterocycles. The molecular weight excluding hydrogens is 612 g/mol. The first-order valence-corrected chi connectivity index (χ1v) is 14.7. The van der Waals surface area contributed by atoms with E-state index < -0.39 is 98.2 Å². The van der Waals surface area contributed by atoms with Gasteiger partial charge in [-0.3, -0.25) is 19.2 Å². The average molecular weight is 653 g/mol. The van der Waals surface area contributed by atoms with E-state index in [-0.39, 0.29) is 13.2 Å². The number of esters is 4. The SMILES string of the molecule is C=CCO[C@@H]1[C@@H](OC)O[C@@H]2COC(c3ccccc3)O[C@H]2[C@@H]1O[C@H]1O[C@H](COC(C)=O)[C@@H](OC(C)=O)[C@H](OC(C)=O)[C@@H]1OC(C)=O. The summed E-state index contributed by atoms with van der Waals surface area (Å²) in [4.78, 5) is 48.5. The van der Waals surface area contributed by atoms with Gasteiger partial charge in [0.1, 0.15) is 37.1 Å². The Morgan fingerprint density at radius 1 is 0.804 bits per heavy atom. The van der Waals surface area contributed by atoms with Gasteiger partial charge in [-0.25, -0.2) is 0 Å². The highest BCUT2D eigenvalue weighted by Crippen LogP contribution is 2.39. The molecule has 0 spiro atoms. The molecule has 3 saturated heterocycles. The maximum absolute atomic E-state index is 12.4. The second kappa shape index (κ2) is 16.4. The summed E-state index contributed by atoms with van der Waals surface area (Å²) < 4.78 is 64.7. The lowest BCUT2D eigenvalue weighted by molar-refractivity contribution is -0.393. The molecule has 0 saturated carbocycles. The summed E-state index contributed by atoms with van der Waals surface area (Å²) in [6.45, 7) is 8.05. The van der Waals surface area contributed by atoms with Crippen molar-refractivity contribution in [3.05, 3.63) is 48.6 Å². The van der Waals surface area contributed by atoms with E-state index in [1.165, 1.54) is 20.1 Å². The topological polar surface area (TPSA) is 170 Å². The molecule has 254 valence electrons. The molecule has 3 aliphatic rings. The van der Waals surface area contributed by atoms with Crippen molar-refractivity contribution in [2.45, 2.75) is 95.4 Å². The molecule has 0 amide bonds. The molecule has 15 nitrogen and oxygen atoms in total. The first kappa shape index (κ1) is 35.4. The summed E-state index contributed by atoms with van der Waals surface area (Å²) in [5.41, 5.74) is 0.740. The minimum atomic E-state index is -1.50. The Hall–Kier alpha value is -3.44. The van der Waals surface area contributed by atoms with Crippen molar-refractivity contribution in [1.29, 1.82) is 0 Å². The summed E-state index contributed by atoms with van der Waals surface area (Å²) in [6.07, 6.45) is -10.8. The van der Waals surface area contributed by atoms with E-state index in [9.17, 15) is 19.2 Å². The first-order chi connectivity index (χ1) is 22.0. The Morgan fingerprint density at radius 2 is 1.46 bits per heavy atom. The Kier molecular flexibility index (Phi) is 12.6. The molecule has 3 aliphatic heterocycles. The van der Waals surface area contributed by atoms with Crippen molar-refractivity contribution in [3.63, 3.8) is 0 Å². The van der Waals surface area contributed by atoms with Crippen LogP contribution in [0.25, 0.3) is 0 Å². The fraction of sp³-hybridized carbons (Fsp3) is 0.613. The quantitative estimate of drug-likeness (QED) is 0.181. The van der Waals surface area contributed by atoms with Crippen LogP contribution in [0.4, 0.5) is 0 Å². The first-order valence-electron chi connectivity index (χ1n) is 14.7. The highest BCUT2D eigenvalue weighted by molar-refractivity contribution is 5.68. The monoisotopic (exact) mass is 652 g/mol. The van der Waals surface area contributed by atoms with Gasteiger partial charge in [-0.2, -0.15) is 0 Å². The van der Waals surface area contributed by atoms with E-state index in [4.69, 9.17) is 52.1 Å². The number of carbonyl (C=O) groups excluding carboxylic acids is 4. The molecule has 15 heteroatoms. The second-order valence-electron chi connectivity index (χ2n) is 10.7. The fourth-order valence-corrected chi connectivity index (χ4v) is 5.48. The zero-order valence-electron chi connectivity index (χ0n) is 26.3. The molecule has 11 atom stereocenters. The predicted octanol–water partition coefficient (Wildman–Crippen LogP) is 1.51. The van der Waals surface area contributed by atoms with Crippen molar-refractivity contribution in [2.75, 3.05) is 26.9 Å². The van der Waals surface area contributed by atoms with Crippen molar-refractivity contribution in [1.82, 2.24) is 0 Å². The highest BCUT2D eigenvalue weighted by Gasteiger charge is 2.57. The minimum Gasteiger partial charge on any atom is -0.463 e. The molecule has 0 aliphatic carbocycles. The summed E-state index contributed by atoms with van der Waals surface area (Å²) >= 11 is 0. The van der Waals surface area contributed by atoms with Gasteiger partial charge in [-0.05, 0) is 0 Å². The Labute approximate surface area is 266 Å². The molecule has 0 N–H and O–H groups in total. The van der Waals surface area contributed by atoms with Crippen LogP contribution in [-0.2, 0) is 71.3 Å². The number of fused-ring (bicyclic) bond motifs is 1. The average Bonchev–Trinajstić information content (AvgIpc) is 3.01. The molecule has 3 fully saturated rings. The van der Waals surface area contributed by atoms with E-state index in [0.29, 0.717) is 0 Å². The highest BCUT2D eigenvalue weighted by atomic mass is 16.8. The zero-order valence-corrected chi connectivity index (χ0v) is 26.3. The normalized spacial score (nSPS) is 34.0. The van der Waals surface area contributed by atoms with Gasteiger partial charge < -0.3 is 52.1 Å². The largest absolute Gasteiger partial charge is 0.463 e. The van der Waals surface area contributed by atoms with Gasteiger partial charge in [-0.1, -0.05) is 36.4 Å². The molecule has 0 bridgehead atoms. The van der Waals surface area contributed by atoms with E-state index in [1.807, 2.05) is 30.3 Å². The van der Waals surface area contributed by atoms with E-state index in [1.54, 1.807) is 0 Å². The van der Waals surface area contributed by atoms with Gasteiger partial charge in [0.2, 0.25) is 0 Å². The van der Waals surface area contributed by atoms with E-state index >= 15 is 0 Å². The van der Waals surface area contributed by atoms with Gasteiger partial charge in [0.05, 0.1) is 13.2 Å². The summed E-state index contributed by atoms with van der Waals surface area (Å²) in [6, 6.07) is 9.22. The maximum atomic E-state index is 12.4. The molecule has 4 rings (SSSR count). The number of hydrogen-bond donors (Lipinski definition) is 0. The number of methoxy groups -OCH3 is 1. The number of benzene rings is 1. The number of ether oxygens (including phenoxy) is 11. The van der Waals surface area contributed by atoms with Crippen LogP contribution in [0.2, 0.25) is 0 Å². The van der Waals surface area contributed by atoms with Crippen LogP contribution in [0, 0.1) is 0 Å². The lowest BCUT2D eigenvalue weighted by Gasteiger charge is -2.51. The van der Waals surface area contributed by atoms with Crippen LogP contribution in [-0.4, -0.2) is 112 Å². The maximum Gasteiger partial charge on any atom is 0.303 e. The second-order valence-corrected chi connectivity index (χ2v) is 10.7. The van der Waals surface area contributed by atoms with Crippen LogP contribution in [0.3, 0.4) is 0 Å². The number of rotatable bonds is 12. The van der Waals surface area contributed by atoms with Gasteiger partial charge in [-0.15, -0.1) is 6.58 Å². The third kappa shape index (κ3) is 8.88. The molecule has 0 radical (unpaired) electrons. The third-order valence-corrected chi connectivity index (χ3v) is 7.23. The molecule has 1 unspecified atom stereocenters. The van der Waals surface area contributed by atoms with E-state index in [0.717, 1.165) is 26.3 Å². The van der Waals surface area contributed by atoms with Crippen LogP contribution in [0.15, 0.2) is 43.0 Å². The smallest absolute Gasteiger partial charge is 0.303 e. The van der Waals surface area contributed by atoms with Gasteiger partial charge in [0.25, 0.3) is 0 Å². The van der Waals surface area contributed by atoms with Crippen LogP contribution < -0.4 is 0 Å². The van der Waals surface area contributed by atoms with Crippen molar-refractivity contribution in [3.8, 4) is 0 Å². The number of hydrogen-bond acceptors (Lipinski definition) is 15. The summed E-state index contributed by atoms with van der Waals surface area (Å²) in [5.74, 6) is -2.95.